The molecular weight excluding hydrogens is 356 g/mol. The maximum Gasteiger partial charge on any atom is 0.261 e. The van der Waals surface area contributed by atoms with Crippen LogP contribution in [0.25, 0.3) is 0 Å². The molecule has 7 heteroatoms. The highest BCUT2D eigenvalue weighted by atomic mass is 32.2. The zero-order chi connectivity index (χ0) is 17.9. The molecule has 1 aromatic heterocycles. The molecule has 0 unspecified atom stereocenters. The summed E-state index contributed by atoms with van der Waals surface area (Å²) in [7, 11) is -3.41. The summed E-state index contributed by atoms with van der Waals surface area (Å²) in [5.41, 5.74) is 0. The van der Waals surface area contributed by atoms with Gasteiger partial charge < -0.3 is 5.32 Å². The molecule has 0 atom stereocenters. The van der Waals surface area contributed by atoms with Crippen LogP contribution in [0.15, 0.2) is 47.4 Å². The summed E-state index contributed by atoms with van der Waals surface area (Å²) in [5, 5.41) is 2.97. The van der Waals surface area contributed by atoms with Crippen molar-refractivity contribution >= 4 is 27.3 Å². The van der Waals surface area contributed by atoms with Crippen LogP contribution in [-0.4, -0.2) is 38.3 Å². The number of amides is 1. The molecule has 1 saturated heterocycles. The summed E-state index contributed by atoms with van der Waals surface area (Å²) >= 11 is 1.48. The molecule has 2 aromatic rings. The van der Waals surface area contributed by atoms with Gasteiger partial charge in [0.1, 0.15) is 0 Å². The zero-order valence-electron chi connectivity index (χ0n) is 14.1. The summed E-state index contributed by atoms with van der Waals surface area (Å²) in [4.78, 5) is 14.3. The first-order chi connectivity index (χ1) is 12.0. The second-order valence-electron chi connectivity index (χ2n) is 6.28. The quantitative estimate of drug-likeness (QED) is 0.870. The van der Waals surface area contributed by atoms with Gasteiger partial charge in [-0.25, -0.2) is 8.42 Å². The molecule has 0 aliphatic carbocycles. The van der Waals surface area contributed by atoms with Crippen LogP contribution in [0.3, 0.4) is 0 Å². The first-order valence-electron chi connectivity index (χ1n) is 8.36. The highest BCUT2D eigenvalue weighted by Gasteiger charge is 2.29. The fourth-order valence-corrected chi connectivity index (χ4v) is 5.25. The molecule has 0 saturated carbocycles. The topological polar surface area (TPSA) is 66.5 Å². The minimum Gasteiger partial charge on any atom is -0.351 e. The second kappa shape index (κ2) is 7.68. The SMILES string of the molecule is Cc1ccc(C(=O)NCC2CCN(S(=O)(=O)c3ccccc3)CC2)s1. The summed E-state index contributed by atoms with van der Waals surface area (Å²) < 4.78 is 26.8. The van der Waals surface area contributed by atoms with Gasteiger partial charge in [-0.2, -0.15) is 4.31 Å². The first-order valence-corrected chi connectivity index (χ1v) is 10.6. The lowest BCUT2D eigenvalue weighted by Gasteiger charge is -2.31. The van der Waals surface area contributed by atoms with E-state index < -0.39 is 10.0 Å². The third kappa shape index (κ3) is 4.29. The predicted octanol–water partition coefficient (Wildman–Crippen LogP) is 2.89. The normalized spacial score (nSPS) is 16.7. The van der Waals surface area contributed by atoms with Crippen LogP contribution in [-0.2, 0) is 10.0 Å². The number of nitrogens with zero attached hydrogens (tertiary/aromatic N) is 1. The van der Waals surface area contributed by atoms with Gasteiger partial charge >= 0.3 is 0 Å². The smallest absolute Gasteiger partial charge is 0.261 e. The summed E-state index contributed by atoms with van der Waals surface area (Å²) in [6, 6.07) is 12.3. The van der Waals surface area contributed by atoms with E-state index in [0.717, 1.165) is 22.6 Å². The van der Waals surface area contributed by atoms with E-state index in [2.05, 4.69) is 5.32 Å². The van der Waals surface area contributed by atoms with Gasteiger partial charge in [0.2, 0.25) is 10.0 Å². The molecule has 1 aliphatic rings. The van der Waals surface area contributed by atoms with Crippen molar-refractivity contribution in [3.05, 3.63) is 52.2 Å². The third-order valence-corrected chi connectivity index (χ3v) is 7.38. The number of carbonyl (C=O) groups excluding carboxylic acids is 1. The summed E-state index contributed by atoms with van der Waals surface area (Å²) in [6.07, 6.45) is 1.52. The molecule has 25 heavy (non-hydrogen) atoms. The maximum atomic E-state index is 12.6. The van der Waals surface area contributed by atoms with E-state index in [9.17, 15) is 13.2 Å². The largest absolute Gasteiger partial charge is 0.351 e. The minimum atomic E-state index is -3.41. The van der Waals surface area contributed by atoms with Gasteiger partial charge in [0.05, 0.1) is 9.77 Å². The van der Waals surface area contributed by atoms with Gasteiger partial charge in [-0.1, -0.05) is 18.2 Å². The van der Waals surface area contributed by atoms with Crippen LogP contribution < -0.4 is 5.32 Å². The predicted molar refractivity (Wildman–Crippen MR) is 99.3 cm³/mol. The van der Waals surface area contributed by atoms with E-state index in [1.807, 2.05) is 25.1 Å². The number of nitrogens with one attached hydrogen (secondary N) is 1. The maximum absolute atomic E-state index is 12.6. The molecule has 1 amide bonds. The van der Waals surface area contributed by atoms with Crippen molar-refractivity contribution in [1.29, 1.82) is 0 Å². The molecule has 0 radical (unpaired) electrons. The van der Waals surface area contributed by atoms with E-state index in [4.69, 9.17) is 0 Å². The van der Waals surface area contributed by atoms with Gasteiger partial charge in [-0.3, -0.25) is 4.79 Å². The van der Waals surface area contributed by atoms with Crippen molar-refractivity contribution in [1.82, 2.24) is 9.62 Å². The Labute approximate surface area is 152 Å². The van der Waals surface area contributed by atoms with Crippen LogP contribution >= 0.6 is 11.3 Å². The molecule has 1 aromatic carbocycles. The molecule has 5 nitrogen and oxygen atoms in total. The van der Waals surface area contributed by atoms with Gasteiger partial charge in [-0.05, 0) is 49.9 Å². The fourth-order valence-electron chi connectivity index (χ4n) is 2.98. The Bertz CT molecular complexity index is 823. The van der Waals surface area contributed by atoms with Crippen molar-refractivity contribution in [3.63, 3.8) is 0 Å². The average Bonchev–Trinajstić information content (AvgIpc) is 3.07. The number of sulfonamides is 1. The van der Waals surface area contributed by atoms with Crippen molar-refractivity contribution in [3.8, 4) is 0 Å². The van der Waals surface area contributed by atoms with E-state index in [1.54, 1.807) is 28.6 Å². The lowest BCUT2D eigenvalue weighted by Crippen LogP contribution is -2.41. The molecule has 1 aliphatic heterocycles. The Kier molecular flexibility index (Phi) is 5.56. The van der Waals surface area contributed by atoms with E-state index in [-0.39, 0.29) is 5.91 Å². The van der Waals surface area contributed by atoms with Crippen molar-refractivity contribution in [2.75, 3.05) is 19.6 Å². The molecular formula is C18H22N2O3S2. The van der Waals surface area contributed by atoms with Crippen LogP contribution in [0.2, 0.25) is 0 Å². The zero-order valence-corrected chi connectivity index (χ0v) is 15.8. The Morgan fingerprint density at radius 1 is 1.16 bits per heavy atom. The standard InChI is InChI=1S/C18H22N2O3S2/c1-14-7-8-17(24-14)18(21)19-13-15-9-11-20(12-10-15)25(22,23)16-5-3-2-4-6-16/h2-8,15H,9-13H2,1H3,(H,19,21). The molecule has 1 N–H and O–H groups in total. The third-order valence-electron chi connectivity index (χ3n) is 4.47. The lowest BCUT2D eigenvalue weighted by molar-refractivity contribution is 0.0945. The Morgan fingerprint density at radius 2 is 1.84 bits per heavy atom. The van der Waals surface area contributed by atoms with Crippen molar-refractivity contribution < 1.29 is 13.2 Å². The minimum absolute atomic E-state index is 0.0440. The monoisotopic (exact) mass is 378 g/mol. The van der Waals surface area contributed by atoms with E-state index in [1.165, 1.54) is 11.3 Å². The molecule has 0 spiro atoms. The number of piperidine rings is 1. The number of hydrogen-bond acceptors (Lipinski definition) is 4. The number of benzene rings is 1. The average molecular weight is 379 g/mol. The Morgan fingerprint density at radius 3 is 2.44 bits per heavy atom. The molecule has 3 rings (SSSR count). The van der Waals surface area contributed by atoms with Gasteiger partial charge in [0, 0.05) is 24.5 Å². The lowest BCUT2D eigenvalue weighted by atomic mass is 9.98. The molecule has 2 heterocycles. The van der Waals surface area contributed by atoms with Gasteiger partial charge in [0.15, 0.2) is 0 Å². The number of thiophene rings is 1. The number of carbonyl (C=O) groups is 1. The number of rotatable bonds is 5. The summed E-state index contributed by atoms with van der Waals surface area (Å²) in [6.45, 7) is 3.56. The van der Waals surface area contributed by atoms with E-state index in [0.29, 0.717) is 30.4 Å². The first kappa shape index (κ1) is 18.1. The van der Waals surface area contributed by atoms with Crippen molar-refractivity contribution in [2.24, 2.45) is 5.92 Å². The van der Waals surface area contributed by atoms with Crippen LogP contribution in [0, 0.1) is 12.8 Å². The van der Waals surface area contributed by atoms with E-state index >= 15 is 0 Å². The molecule has 1 fully saturated rings. The Hall–Kier alpha value is -1.70. The van der Waals surface area contributed by atoms with Crippen LogP contribution in [0.1, 0.15) is 27.4 Å². The second-order valence-corrected chi connectivity index (χ2v) is 9.51. The highest BCUT2D eigenvalue weighted by molar-refractivity contribution is 7.89. The Balaban J connectivity index is 1.51. The van der Waals surface area contributed by atoms with Crippen LogP contribution in [0.4, 0.5) is 0 Å². The highest BCUT2D eigenvalue weighted by Crippen LogP contribution is 2.23. The molecule has 134 valence electrons. The van der Waals surface area contributed by atoms with Gasteiger partial charge in [-0.15, -0.1) is 11.3 Å². The van der Waals surface area contributed by atoms with Crippen LogP contribution in [0.5, 0.6) is 0 Å². The number of aryl methyl sites for hydroxylation is 1. The fraction of sp³-hybridized carbons (Fsp3) is 0.389. The van der Waals surface area contributed by atoms with Gasteiger partial charge in [0.25, 0.3) is 5.91 Å². The number of hydrogen-bond donors (Lipinski definition) is 1. The summed E-state index contributed by atoms with van der Waals surface area (Å²) in [5.74, 6) is 0.268. The molecule has 0 bridgehead atoms. The van der Waals surface area contributed by atoms with Crippen molar-refractivity contribution in [2.45, 2.75) is 24.7 Å².